The van der Waals surface area contributed by atoms with Crippen LogP contribution in [0, 0.1) is 5.92 Å². The summed E-state index contributed by atoms with van der Waals surface area (Å²) in [6.45, 7) is 4.81. The highest BCUT2D eigenvalue weighted by atomic mass is 32.2. The molecule has 2 aromatic carbocycles. The average molecular weight is 475 g/mol. The molecule has 180 valence electrons. The molecule has 0 radical (unpaired) electrons. The summed E-state index contributed by atoms with van der Waals surface area (Å²) in [7, 11) is -3.20. The molecule has 0 saturated carbocycles. The molecule has 7 nitrogen and oxygen atoms in total. The fraction of sp³-hybridized carbons (Fsp3) is 0.440. The van der Waals surface area contributed by atoms with Crippen LogP contribution in [0.25, 0.3) is 0 Å². The lowest BCUT2D eigenvalue weighted by atomic mass is 10.0. The van der Waals surface area contributed by atoms with E-state index < -0.39 is 15.8 Å². The zero-order valence-electron chi connectivity index (χ0n) is 19.4. The van der Waals surface area contributed by atoms with Crippen LogP contribution in [0.1, 0.15) is 49.9 Å². The highest BCUT2D eigenvalue weighted by Crippen LogP contribution is 2.17. The Bertz CT molecular complexity index is 976. The number of rotatable bonds is 14. The molecule has 33 heavy (non-hydrogen) atoms. The molecule has 0 spiro atoms. The van der Waals surface area contributed by atoms with Gasteiger partial charge in [0.05, 0.1) is 17.3 Å². The van der Waals surface area contributed by atoms with E-state index in [-0.39, 0.29) is 24.8 Å². The molecule has 1 amide bonds. The van der Waals surface area contributed by atoms with Crippen molar-refractivity contribution in [2.75, 3.05) is 30.8 Å². The Morgan fingerprint density at radius 2 is 1.67 bits per heavy atom. The Balaban J connectivity index is 1.63. The van der Waals surface area contributed by atoms with Crippen LogP contribution in [0.15, 0.2) is 59.5 Å². The van der Waals surface area contributed by atoms with Crippen molar-refractivity contribution in [3.8, 4) is 0 Å². The van der Waals surface area contributed by atoms with Gasteiger partial charge in [-0.2, -0.15) is 0 Å². The third kappa shape index (κ3) is 9.65. The fourth-order valence-corrected chi connectivity index (χ4v) is 4.74. The fourth-order valence-electron chi connectivity index (χ4n) is 3.34. The third-order valence-corrected chi connectivity index (χ3v) is 7.09. The van der Waals surface area contributed by atoms with E-state index in [9.17, 15) is 18.0 Å². The molecule has 0 aliphatic rings. The van der Waals surface area contributed by atoms with E-state index in [1.54, 1.807) is 43.3 Å². The number of sulfone groups is 1. The monoisotopic (exact) mass is 474 g/mol. The molecule has 8 heteroatoms. The Morgan fingerprint density at radius 1 is 0.970 bits per heavy atom. The normalized spacial score (nSPS) is 12.1. The van der Waals surface area contributed by atoms with Crippen molar-refractivity contribution >= 4 is 27.4 Å². The molecular weight excluding hydrogens is 440 g/mol. The lowest BCUT2D eigenvalue weighted by molar-refractivity contribution is -0.141. The molecule has 2 aromatic rings. The second-order valence-electron chi connectivity index (χ2n) is 8.01. The minimum absolute atomic E-state index is 0.150. The maximum Gasteiger partial charge on any atom is 0.325 e. The van der Waals surface area contributed by atoms with Gasteiger partial charge in [0.25, 0.3) is 5.91 Å². The summed E-state index contributed by atoms with van der Waals surface area (Å²) < 4.78 is 29.4. The van der Waals surface area contributed by atoms with Crippen LogP contribution in [0.3, 0.4) is 0 Å². The Kier molecular flexibility index (Phi) is 10.9. The van der Waals surface area contributed by atoms with Crippen LogP contribution in [-0.2, 0) is 19.4 Å². The van der Waals surface area contributed by atoms with Gasteiger partial charge in [-0.15, -0.1) is 0 Å². The van der Waals surface area contributed by atoms with Crippen molar-refractivity contribution in [3.05, 3.63) is 60.2 Å². The van der Waals surface area contributed by atoms with Gasteiger partial charge < -0.3 is 15.4 Å². The summed E-state index contributed by atoms with van der Waals surface area (Å²) in [5.74, 6) is -0.125. The number of esters is 1. The topological polar surface area (TPSA) is 102 Å². The molecule has 0 aliphatic heterocycles. The lowest BCUT2D eigenvalue weighted by Crippen LogP contribution is -2.30. The first-order valence-electron chi connectivity index (χ1n) is 11.4. The van der Waals surface area contributed by atoms with Crippen LogP contribution in [0.4, 0.5) is 5.69 Å². The van der Waals surface area contributed by atoms with Crippen molar-refractivity contribution < 1.29 is 22.7 Å². The van der Waals surface area contributed by atoms with Gasteiger partial charge in [-0.25, -0.2) is 8.42 Å². The molecule has 2 N–H and O–H groups in total. The van der Waals surface area contributed by atoms with Crippen LogP contribution >= 0.6 is 0 Å². The predicted octanol–water partition coefficient (Wildman–Crippen LogP) is 4.06. The van der Waals surface area contributed by atoms with Gasteiger partial charge in [0, 0.05) is 17.8 Å². The number of amides is 1. The van der Waals surface area contributed by atoms with Crippen molar-refractivity contribution in [3.63, 3.8) is 0 Å². The number of ether oxygens (including phenoxy) is 1. The Hall–Kier alpha value is -2.87. The van der Waals surface area contributed by atoms with Gasteiger partial charge in [-0.05, 0) is 62.1 Å². The van der Waals surface area contributed by atoms with Crippen molar-refractivity contribution in [2.45, 2.75) is 44.4 Å². The van der Waals surface area contributed by atoms with E-state index in [2.05, 4.69) is 17.6 Å². The summed E-state index contributed by atoms with van der Waals surface area (Å²) in [4.78, 5) is 23.8. The van der Waals surface area contributed by atoms with E-state index in [0.717, 1.165) is 31.5 Å². The van der Waals surface area contributed by atoms with Crippen LogP contribution < -0.4 is 10.6 Å². The quantitative estimate of drug-likeness (QED) is 0.316. The number of hydrogen-bond donors (Lipinski definition) is 2. The minimum Gasteiger partial charge on any atom is -0.465 e. The summed E-state index contributed by atoms with van der Waals surface area (Å²) in [5, 5.41) is 5.88. The standard InChI is InChI=1S/C25H34N2O5S/c1-3-32-24(28)19-27-25(29)21-12-14-22(15-13-21)26-17-16-20(2)9-7-8-18-33(30,31)23-10-5-4-6-11-23/h4-6,10-15,20,26H,3,7-9,16-19H2,1-2H3,(H,27,29). The van der Waals surface area contributed by atoms with Gasteiger partial charge in [-0.3, -0.25) is 9.59 Å². The van der Waals surface area contributed by atoms with E-state index in [1.165, 1.54) is 0 Å². The number of unbranched alkanes of at least 4 members (excludes halogenated alkanes) is 1. The molecule has 0 saturated heterocycles. The van der Waals surface area contributed by atoms with Crippen LogP contribution in [0.5, 0.6) is 0 Å². The van der Waals surface area contributed by atoms with Gasteiger partial charge in [0.15, 0.2) is 9.84 Å². The first-order chi connectivity index (χ1) is 15.8. The zero-order valence-corrected chi connectivity index (χ0v) is 20.2. The molecule has 0 fully saturated rings. The second-order valence-corrected chi connectivity index (χ2v) is 10.1. The highest BCUT2D eigenvalue weighted by Gasteiger charge is 2.13. The first kappa shape index (κ1) is 26.4. The average Bonchev–Trinajstić information content (AvgIpc) is 2.81. The maximum atomic E-state index is 12.3. The number of anilines is 1. The van der Waals surface area contributed by atoms with Crippen molar-refractivity contribution in [1.82, 2.24) is 5.32 Å². The zero-order chi connectivity index (χ0) is 24.1. The van der Waals surface area contributed by atoms with E-state index in [1.807, 2.05) is 18.2 Å². The smallest absolute Gasteiger partial charge is 0.325 e. The molecule has 0 aliphatic carbocycles. The number of hydrogen-bond acceptors (Lipinski definition) is 6. The summed E-state index contributed by atoms with van der Waals surface area (Å²) in [6, 6.07) is 15.7. The number of carbonyl (C=O) groups excluding carboxylic acids is 2. The Labute approximate surface area is 196 Å². The van der Waals surface area contributed by atoms with Gasteiger partial charge in [-0.1, -0.05) is 38.0 Å². The van der Waals surface area contributed by atoms with Gasteiger partial charge in [0.2, 0.25) is 0 Å². The SMILES string of the molecule is CCOC(=O)CNC(=O)c1ccc(NCCC(C)CCCCS(=O)(=O)c2ccccc2)cc1. The number of carbonyl (C=O) groups is 2. The number of nitrogens with one attached hydrogen (secondary N) is 2. The molecule has 2 rings (SSSR count). The molecular formula is C25H34N2O5S. The summed E-state index contributed by atoms with van der Waals surface area (Å²) >= 11 is 0. The third-order valence-electron chi connectivity index (χ3n) is 5.27. The highest BCUT2D eigenvalue weighted by molar-refractivity contribution is 7.91. The van der Waals surface area contributed by atoms with E-state index in [4.69, 9.17) is 4.74 Å². The van der Waals surface area contributed by atoms with Crippen LogP contribution in [-0.4, -0.2) is 45.7 Å². The minimum atomic E-state index is -3.20. The second kappa shape index (κ2) is 13.6. The molecule has 1 unspecified atom stereocenters. The Morgan fingerprint density at radius 3 is 2.33 bits per heavy atom. The van der Waals surface area contributed by atoms with Gasteiger partial charge in [0.1, 0.15) is 6.54 Å². The molecule has 1 atom stereocenters. The predicted molar refractivity (Wildman–Crippen MR) is 130 cm³/mol. The van der Waals surface area contributed by atoms with E-state index in [0.29, 0.717) is 22.8 Å². The lowest BCUT2D eigenvalue weighted by Gasteiger charge is -2.13. The van der Waals surface area contributed by atoms with Crippen molar-refractivity contribution in [1.29, 1.82) is 0 Å². The largest absolute Gasteiger partial charge is 0.465 e. The van der Waals surface area contributed by atoms with Crippen molar-refractivity contribution in [2.24, 2.45) is 5.92 Å². The molecule has 0 aromatic heterocycles. The molecule has 0 bridgehead atoms. The summed E-state index contributed by atoms with van der Waals surface area (Å²) in [6.07, 6.45) is 3.48. The van der Waals surface area contributed by atoms with Crippen LogP contribution in [0.2, 0.25) is 0 Å². The summed E-state index contributed by atoms with van der Waals surface area (Å²) in [5.41, 5.74) is 1.39. The number of benzene rings is 2. The van der Waals surface area contributed by atoms with Gasteiger partial charge >= 0.3 is 5.97 Å². The molecule has 0 heterocycles. The first-order valence-corrected chi connectivity index (χ1v) is 13.0. The van der Waals surface area contributed by atoms with E-state index >= 15 is 0 Å². The maximum absolute atomic E-state index is 12.3.